The van der Waals surface area contributed by atoms with Gasteiger partial charge in [-0.2, -0.15) is 5.10 Å². The first-order valence-corrected chi connectivity index (χ1v) is 8.64. The number of amides is 1. The fourth-order valence-corrected chi connectivity index (χ4v) is 3.23. The minimum atomic E-state index is 0.0768. The number of likely N-dealkylation sites (N-methyl/N-ethyl adjacent to an activating group) is 1. The topological polar surface area (TPSA) is 50.2 Å². The summed E-state index contributed by atoms with van der Waals surface area (Å²) in [5.41, 5.74) is 3.23. The maximum absolute atomic E-state index is 12.5. The number of hydrogen-bond donors (Lipinski definition) is 1. The van der Waals surface area contributed by atoms with Gasteiger partial charge in [-0.15, -0.1) is 0 Å². The van der Waals surface area contributed by atoms with Crippen LogP contribution in [0.4, 0.5) is 0 Å². The Hall–Kier alpha value is -2.14. The number of carbonyl (C=O) groups is 1. The number of benzene rings is 1. The second-order valence-corrected chi connectivity index (χ2v) is 6.76. The lowest BCUT2D eigenvalue weighted by Gasteiger charge is -2.17. The molecule has 1 amide bonds. The zero-order chi connectivity index (χ0) is 16.9. The molecule has 0 bridgehead atoms. The Bertz CT molecular complexity index is 671. The van der Waals surface area contributed by atoms with E-state index in [0.29, 0.717) is 6.54 Å². The standard InChI is InChI=1S/C19H26N4O/c1-22(10-8-17-13-21-23(2)14-17)19(24)18-5-3-15(4-6-18)11-16-7-9-20-12-16/h3-6,13-14,16,20H,7-12H2,1-2H3. The van der Waals surface area contributed by atoms with Gasteiger partial charge in [-0.25, -0.2) is 0 Å². The number of nitrogens with one attached hydrogen (secondary N) is 1. The lowest BCUT2D eigenvalue weighted by Crippen LogP contribution is -2.28. The van der Waals surface area contributed by atoms with Crippen LogP contribution in [0.25, 0.3) is 0 Å². The number of aromatic nitrogens is 2. The molecule has 5 nitrogen and oxygen atoms in total. The summed E-state index contributed by atoms with van der Waals surface area (Å²) < 4.78 is 1.79. The first-order valence-electron chi connectivity index (χ1n) is 8.64. The average Bonchev–Trinajstić information content (AvgIpc) is 3.24. The van der Waals surface area contributed by atoms with Crippen LogP contribution in [0.2, 0.25) is 0 Å². The van der Waals surface area contributed by atoms with E-state index in [-0.39, 0.29) is 5.91 Å². The van der Waals surface area contributed by atoms with Crippen molar-refractivity contribution < 1.29 is 4.79 Å². The van der Waals surface area contributed by atoms with Crippen molar-refractivity contribution in [2.75, 3.05) is 26.7 Å². The quantitative estimate of drug-likeness (QED) is 0.882. The molecule has 0 aliphatic carbocycles. The Morgan fingerprint density at radius 3 is 2.75 bits per heavy atom. The zero-order valence-electron chi connectivity index (χ0n) is 14.5. The summed E-state index contributed by atoms with van der Waals surface area (Å²) in [5, 5.41) is 7.56. The Labute approximate surface area is 143 Å². The number of rotatable bonds is 6. The molecule has 1 N–H and O–H groups in total. The minimum absolute atomic E-state index is 0.0768. The summed E-state index contributed by atoms with van der Waals surface area (Å²) in [6, 6.07) is 8.11. The van der Waals surface area contributed by atoms with Gasteiger partial charge >= 0.3 is 0 Å². The molecule has 24 heavy (non-hydrogen) atoms. The highest BCUT2D eigenvalue weighted by atomic mass is 16.2. The third kappa shape index (κ3) is 4.23. The van der Waals surface area contributed by atoms with Crippen LogP contribution in [0.3, 0.4) is 0 Å². The number of carbonyl (C=O) groups excluding carboxylic acids is 1. The Balaban J connectivity index is 1.53. The van der Waals surface area contributed by atoms with Crippen molar-refractivity contribution in [3.63, 3.8) is 0 Å². The minimum Gasteiger partial charge on any atom is -0.341 e. The van der Waals surface area contributed by atoms with E-state index >= 15 is 0 Å². The molecule has 0 radical (unpaired) electrons. The summed E-state index contributed by atoms with van der Waals surface area (Å²) in [5.74, 6) is 0.807. The molecule has 0 spiro atoms. The van der Waals surface area contributed by atoms with Gasteiger partial charge in [-0.1, -0.05) is 12.1 Å². The fourth-order valence-electron chi connectivity index (χ4n) is 3.23. The average molecular weight is 326 g/mol. The van der Waals surface area contributed by atoms with Crippen molar-refractivity contribution >= 4 is 5.91 Å². The van der Waals surface area contributed by atoms with E-state index in [9.17, 15) is 4.79 Å². The van der Waals surface area contributed by atoms with E-state index in [4.69, 9.17) is 0 Å². The van der Waals surface area contributed by atoms with Gasteiger partial charge in [0.05, 0.1) is 6.20 Å². The maximum Gasteiger partial charge on any atom is 0.253 e. The molecule has 128 valence electrons. The Morgan fingerprint density at radius 2 is 2.12 bits per heavy atom. The van der Waals surface area contributed by atoms with Crippen molar-refractivity contribution in [3.8, 4) is 0 Å². The maximum atomic E-state index is 12.5. The first kappa shape index (κ1) is 16.7. The van der Waals surface area contributed by atoms with E-state index < -0.39 is 0 Å². The van der Waals surface area contributed by atoms with Crippen LogP contribution in [0.15, 0.2) is 36.7 Å². The molecule has 1 aromatic heterocycles. The molecule has 3 rings (SSSR count). The lowest BCUT2D eigenvalue weighted by atomic mass is 9.98. The van der Waals surface area contributed by atoms with Gasteiger partial charge in [0.25, 0.3) is 5.91 Å². The molecule has 1 aromatic carbocycles. The lowest BCUT2D eigenvalue weighted by molar-refractivity contribution is 0.0796. The van der Waals surface area contributed by atoms with E-state index in [1.807, 2.05) is 38.6 Å². The highest BCUT2D eigenvalue weighted by Crippen LogP contribution is 2.16. The Kier molecular flexibility index (Phi) is 5.30. The molecule has 1 aliphatic rings. The second kappa shape index (κ2) is 7.62. The van der Waals surface area contributed by atoms with Gasteiger partial charge in [0.1, 0.15) is 0 Å². The molecule has 1 saturated heterocycles. The van der Waals surface area contributed by atoms with Gasteiger partial charge in [0.15, 0.2) is 0 Å². The van der Waals surface area contributed by atoms with Crippen LogP contribution in [0.1, 0.15) is 27.9 Å². The smallest absolute Gasteiger partial charge is 0.253 e. The van der Waals surface area contributed by atoms with Crippen molar-refractivity contribution in [1.82, 2.24) is 20.0 Å². The highest BCUT2D eigenvalue weighted by Gasteiger charge is 2.16. The predicted octanol–water partition coefficient (Wildman–Crippen LogP) is 1.89. The molecule has 1 aliphatic heterocycles. The largest absolute Gasteiger partial charge is 0.341 e. The van der Waals surface area contributed by atoms with E-state index in [2.05, 4.69) is 22.5 Å². The van der Waals surface area contributed by atoms with E-state index in [1.165, 1.54) is 12.0 Å². The van der Waals surface area contributed by atoms with Crippen LogP contribution in [-0.4, -0.2) is 47.3 Å². The Morgan fingerprint density at radius 1 is 1.33 bits per heavy atom. The van der Waals surface area contributed by atoms with Crippen molar-refractivity contribution in [2.45, 2.75) is 19.3 Å². The van der Waals surface area contributed by atoms with E-state index in [1.54, 1.807) is 9.58 Å². The van der Waals surface area contributed by atoms with Gasteiger partial charge < -0.3 is 10.2 Å². The van der Waals surface area contributed by atoms with Gasteiger partial charge in [0.2, 0.25) is 0 Å². The molecule has 2 aromatic rings. The number of aryl methyl sites for hydroxylation is 1. The SMILES string of the molecule is CN(CCc1cnn(C)c1)C(=O)c1ccc(CC2CCNC2)cc1. The highest BCUT2D eigenvalue weighted by molar-refractivity contribution is 5.94. The van der Waals surface area contributed by atoms with Gasteiger partial charge in [0, 0.05) is 32.4 Å². The molecule has 2 heterocycles. The monoisotopic (exact) mass is 326 g/mol. The summed E-state index contributed by atoms with van der Waals surface area (Å²) in [6.45, 7) is 2.93. The zero-order valence-corrected chi connectivity index (χ0v) is 14.5. The fraction of sp³-hybridized carbons (Fsp3) is 0.474. The third-order valence-electron chi connectivity index (χ3n) is 4.73. The molecule has 0 saturated carbocycles. The molecule has 1 unspecified atom stereocenters. The molecule has 5 heteroatoms. The van der Waals surface area contributed by atoms with Crippen molar-refractivity contribution in [3.05, 3.63) is 53.3 Å². The summed E-state index contributed by atoms with van der Waals surface area (Å²) in [7, 11) is 3.76. The number of hydrogen-bond acceptors (Lipinski definition) is 3. The predicted molar refractivity (Wildman–Crippen MR) is 95.0 cm³/mol. The van der Waals surface area contributed by atoms with Crippen molar-refractivity contribution in [2.24, 2.45) is 13.0 Å². The van der Waals surface area contributed by atoms with Gasteiger partial charge in [-0.05, 0) is 61.5 Å². The van der Waals surface area contributed by atoms with Crippen LogP contribution >= 0.6 is 0 Å². The molecule has 1 atom stereocenters. The van der Waals surface area contributed by atoms with Gasteiger partial charge in [-0.3, -0.25) is 9.48 Å². The molecular weight excluding hydrogens is 300 g/mol. The summed E-state index contributed by atoms with van der Waals surface area (Å²) in [6.07, 6.45) is 7.01. The van der Waals surface area contributed by atoms with E-state index in [0.717, 1.165) is 43.0 Å². The summed E-state index contributed by atoms with van der Waals surface area (Å²) >= 11 is 0. The van der Waals surface area contributed by atoms with Crippen LogP contribution in [0.5, 0.6) is 0 Å². The van der Waals surface area contributed by atoms with Crippen LogP contribution < -0.4 is 5.32 Å². The van der Waals surface area contributed by atoms with Crippen molar-refractivity contribution in [1.29, 1.82) is 0 Å². The second-order valence-electron chi connectivity index (χ2n) is 6.76. The normalized spacial score (nSPS) is 17.2. The first-order chi connectivity index (χ1) is 11.6. The molecule has 1 fully saturated rings. The number of nitrogens with zero attached hydrogens (tertiary/aromatic N) is 3. The third-order valence-corrected chi connectivity index (χ3v) is 4.73. The summed E-state index contributed by atoms with van der Waals surface area (Å²) in [4.78, 5) is 14.3. The molecular formula is C19H26N4O. The van der Waals surface area contributed by atoms with Crippen LogP contribution in [-0.2, 0) is 19.9 Å². The van der Waals surface area contributed by atoms with Crippen LogP contribution in [0, 0.1) is 5.92 Å².